The summed E-state index contributed by atoms with van der Waals surface area (Å²) in [5.74, 6) is 0. The molecule has 0 unspecified atom stereocenters. The smallest absolute Gasteiger partial charge is 0.0702 e. The Bertz CT molecular complexity index is 437. The molecule has 2 rings (SSSR count). The van der Waals surface area contributed by atoms with Gasteiger partial charge in [-0.1, -0.05) is 23.7 Å². The van der Waals surface area contributed by atoms with E-state index in [2.05, 4.69) is 4.98 Å². The molecule has 0 bridgehead atoms. The van der Waals surface area contributed by atoms with Gasteiger partial charge in [0, 0.05) is 16.8 Å². The molecule has 0 N–H and O–H groups in total. The molecule has 14 heavy (non-hydrogen) atoms. The van der Waals surface area contributed by atoms with Crippen LogP contribution in [-0.2, 0) is 0 Å². The Kier molecular flexibility index (Phi) is 2.51. The summed E-state index contributed by atoms with van der Waals surface area (Å²) >= 11 is 5.95. The highest BCUT2D eigenvalue weighted by atomic mass is 35.5. The van der Waals surface area contributed by atoms with Crippen molar-refractivity contribution in [3.8, 4) is 11.3 Å². The van der Waals surface area contributed by atoms with Crippen molar-refractivity contribution in [2.75, 3.05) is 0 Å². The fraction of sp³-hybridized carbons (Fsp3) is 0.0833. The van der Waals surface area contributed by atoms with Crippen molar-refractivity contribution < 1.29 is 0 Å². The molecule has 0 radical (unpaired) electrons. The number of halogens is 1. The highest BCUT2D eigenvalue weighted by Gasteiger charge is 2.00. The van der Waals surface area contributed by atoms with E-state index in [1.165, 1.54) is 0 Å². The second-order valence-electron chi connectivity index (χ2n) is 3.18. The van der Waals surface area contributed by atoms with Gasteiger partial charge in [0.05, 0.1) is 5.69 Å². The van der Waals surface area contributed by atoms with Crippen molar-refractivity contribution in [2.45, 2.75) is 6.92 Å². The van der Waals surface area contributed by atoms with Gasteiger partial charge in [0.1, 0.15) is 0 Å². The number of aryl methyl sites for hydroxylation is 1. The first-order valence-corrected chi connectivity index (χ1v) is 4.83. The molecule has 0 aliphatic rings. The van der Waals surface area contributed by atoms with E-state index in [0.29, 0.717) is 0 Å². The van der Waals surface area contributed by atoms with E-state index >= 15 is 0 Å². The maximum atomic E-state index is 5.95. The van der Waals surface area contributed by atoms with E-state index < -0.39 is 0 Å². The Balaban J connectivity index is 2.48. The average molecular weight is 204 g/mol. The van der Waals surface area contributed by atoms with Crippen molar-refractivity contribution in [3.63, 3.8) is 0 Å². The quantitative estimate of drug-likeness (QED) is 0.689. The molecule has 1 aromatic carbocycles. The van der Waals surface area contributed by atoms with Gasteiger partial charge in [-0.05, 0) is 36.8 Å². The molecule has 0 spiro atoms. The van der Waals surface area contributed by atoms with Crippen LogP contribution in [0.5, 0.6) is 0 Å². The fourth-order valence-corrected chi connectivity index (χ4v) is 1.46. The molecular weight excluding hydrogens is 194 g/mol. The molecule has 70 valence electrons. The molecular formula is C12H10ClN. The average Bonchev–Trinajstić information content (AvgIpc) is 2.23. The summed E-state index contributed by atoms with van der Waals surface area (Å²) in [4.78, 5) is 4.28. The molecule has 2 aromatic rings. The van der Waals surface area contributed by atoms with Crippen molar-refractivity contribution in [3.05, 3.63) is 53.2 Å². The van der Waals surface area contributed by atoms with Crippen molar-refractivity contribution >= 4 is 11.6 Å². The fourth-order valence-electron chi connectivity index (χ4n) is 1.34. The van der Waals surface area contributed by atoms with Gasteiger partial charge in [-0.25, -0.2) is 0 Å². The van der Waals surface area contributed by atoms with E-state index in [1.807, 2.05) is 43.3 Å². The largest absolute Gasteiger partial charge is 0.256 e. The van der Waals surface area contributed by atoms with Crippen molar-refractivity contribution in [2.24, 2.45) is 0 Å². The zero-order valence-electron chi connectivity index (χ0n) is 7.87. The lowest BCUT2D eigenvalue weighted by Crippen LogP contribution is -1.83. The highest BCUT2D eigenvalue weighted by Crippen LogP contribution is 2.22. The molecule has 0 fully saturated rings. The minimum Gasteiger partial charge on any atom is -0.256 e. The van der Waals surface area contributed by atoms with Gasteiger partial charge in [0.2, 0.25) is 0 Å². The molecule has 0 atom stereocenters. The second kappa shape index (κ2) is 3.81. The Labute approximate surface area is 88.4 Å². The summed E-state index contributed by atoms with van der Waals surface area (Å²) in [6.45, 7) is 1.99. The monoisotopic (exact) mass is 203 g/mol. The van der Waals surface area contributed by atoms with E-state index in [9.17, 15) is 0 Å². The number of rotatable bonds is 1. The van der Waals surface area contributed by atoms with Crippen molar-refractivity contribution in [1.29, 1.82) is 0 Å². The van der Waals surface area contributed by atoms with Gasteiger partial charge in [0.15, 0.2) is 0 Å². The Morgan fingerprint density at radius 1 is 1.14 bits per heavy atom. The number of pyridine rings is 1. The normalized spacial score (nSPS) is 10.1. The van der Waals surface area contributed by atoms with Crippen LogP contribution in [0.3, 0.4) is 0 Å². The van der Waals surface area contributed by atoms with Gasteiger partial charge < -0.3 is 0 Å². The number of hydrogen-bond acceptors (Lipinski definition) is 1. The molecule has 0 saturated carbocycles. The minimum absolute atomic E-state index is 0.796. The van der Waals surface area contributed by atoms with Crippen LogP contribution in [0, 0.1) is 6.92 Å². The minimum atomic E-state index is 0.796. The van der Waals surface area contributed by atoms with E-state index in [0.717, 1.165) is 21.8 Å². The van der Waals surface area contributed by atoms with Gasteiger partial charge in [-0.2, -0.15) is 0 Å². The Hall–Kier alpha value is -1.34. The number of aromatic nitrogens is 1. The first kappa shape index (κ1) is 9.22. The van der Waals surface area contributed by atoms with Gasteiger partial charge in [-0.3, -0.25) is 4.98 Å². The lowest BCUT2D eigenvalue weighted by molar-refractivity contribution is 1.32. The molecule has 1 aromatic heterocycles. The van der Waals surface area contributed by atoms with Crippen LogP contribution in [-0.4, -0.2) is 4.98 Å². The number of nitrogens with zero attached hydrogens (tertiary/aromatic N) is 1. The predicted molar refractivity (Wildman–Crippen MR) is 59.4 cm³/mol. The lowest BCUT2D eigenvalue weighted by atomic mass is 10.1. The summed E-state index contributed by atoms with van der Waals surface area (Å²) in [5, 5.41) is 0.796. The van der Waals surface area contributed by atoms with Crippen molar-refractivity contribution in [1.82, 2.24) is 4.98 Å². The van der Waals surface area contributed by atoms with Gasteiger partial charge in [0.25, 0.3) is 0 Å². The summed E-state index contributed by atoms with van der Waals surface area (Å²) in [6, 6.07) is 11.8. The summed E-state index contributed by atoms with van der Waals surface area (Å²) < 4.78 is 0. The maximum Gasteiger partial charge on any atom is 0.0702 e. The van der Waals surface area contributed by atoms with Gasteiger partial charge in [-0.15, -0.1) is 0 Å². The van der Waals surface area contributed by atoms with Crippen LogP contribution < -0.4 is 0 Å². The molecule has 0 saturated heterocycles. The van der Waals surface area contributed by atoms with Crippen LogP contribution in [0.1, 0.15) is 5.56 Å². The first-order valence-electron chi connectivity index (χ1n) is 4.45. The van der Waals surface area contributed by atoms with Crippen LogP contribution >= 0.6 is 11.6 Å². The van der Waals surface area contributed by atoms with E-state index in [4.69, 9.17) is 11.6 Å². The lowest BCUT2D eigenvalue weighted by Gasteiger charge is -2.02. The topological polar surface area (TPSA) is 12.9 Å². The summed E-state index contributed by atoms with van der Waals surface area (Å²) in [6.07, 6.45) is 1.79. The predicted octanol–water partition coefficient (Wildman–Crippen LogP) is 3.71. The van der Waals surface area contributed by atoms with Crippen LogP contribution in [0.25, 0.3) is 11.3 Å². The molecule has 0 aliphatic carbocycles. The third-order valence-electron chi connectivity index (χ3n) is 2.12. The SMILES string of the molecule is Cc1cc(-c2ccccn2)ccc1Cl. The molecule has 0 amide bonds. The molecule has 0 aliphatic heterocycles. The number of benzene rings is 1. The second-order valence-corrected chi connectivity index (χ2v) is 3.59. The third-order valence-corrected chi connectivity index (χ3v) is 2.54. The standard InChI is InChI=1S/C12H10ClN/c1-9-8-10(5-6-11(9)13)12-4-2-3-7-14-12/h2-8H,1H3. The van der Waals surface area contributed by atoms with Crippen LogP contribution in [0.15, 0.2) is 42.6 Å². The zero-order valence-corrected chi connectivity index (χ0v) is 8.62. The summed E-state index contributed by atoms with van der Waals surface area (Å²) in [5.41, 5.74) is 3.16. The van der Waals surface area contributed by atoms with Gasteiger partial charge >= 0.3 is 0 Å². The molecule has 1 nitrogen and oxygen atoms in total. The maximum absolute atomic E-state index is 5.95. The Morgan fingerprint density at radius 2 is 2.00 bits per heavy atom. The van der Waals surface area contributed by atoms with E-state index in [-0.39, 0.29) is 0 Å². The zero-order chi connectivity index (χ0) is 9.97. The van der Waals surface area contributed by atoms with Crippen LogP contribution in [0.4, 0.5) is 0 Å². The third kappa shape index (κ3) is 1.78. The molecule has 1 heterocycles. The molecule has 2 heteroatoms. The Morgan fingerprint density at radius 3 is 2.64 bits per heavy atom. The van der Waals surface area contributed by atoms with E-state index in [1.54, 1.807) is 6.20 Å². The summed E-state index contributed by atoms with van der Waals surface area (Å²) in [7, 11) is 0. The highest BCUT2D eigenvalue weighted by molar-refractivity contribution is 6.31. The number of hydrogen-bond donors (Lipinski definition) is 0. The van der Waals surface area contributed by atoms with Crippen LogP contribution in [0.2, 0.25) is 5.02 Å². The first-order chi connectivity index (χ1) is 6.77.